The number of hydrogen-bond donors (Lipinski definition) is 2. The van der Waals surface area contributed by atoms with Crippen molar-refractivity contribution in [3.05, 3.63) is 70.8 Å². The van der Waals surface area contributed by atoms with E-state index in [0.29, 0.717) is 47.9 Å². The lowest BCUT2D eigenvalue weighted by Crippen LogP contribution is -2.48. The lowest BCUT2D eigenvalue weighted by Gasteiger charge is -2.36. The highest BCUT2D eigenvalue weighted by Crippen LogP contribution is 2.36. The van der Waals surface area contributed by atoms with Crippen LogP contribution in [-0.4, -0.2) is 29.6 Å². The van der Waals surface area contributed by atoms with Crippen molar-refractivity contribution in [2.45, 2.75) is 24.6 Å². The van der Waals surface area contributed by atoms with E-state index < -0.39 is 17.3 Å². The quantitative estimate of drug-likeness (QED) is 0.670. The Balaban J connectivity index is 1.38. The first kappa shape index (κ1) is 20.6. The molecule has 2 aliphatic rings. The van der Waals surface area contributed by atoms with Gasteiger partial charge in [0, 0.05) is 36.6 Å². The van der Waals surface area contributed by atoms with Crippen molar-refractivity contribution in [1.82, 2.24) is 10.4 Å². The fourth-order valence-corrected chi connectivity index (χ4v) is 3.75. The molecule has 158 valence electrons. The van der Waals surface area contributed by atoms with E-state index in [-0.39, 0.29) is 6.03 Å². The minimum Gasteiger partial charge on any atom is -0.324 e. The Morgan fingerprint density at radius 2 is 1.83 bits per heavy atom. The minimum absolute atomic E-state index is 0.218. The van der Waals surface area contributed by atoms with Crippen molar-refractivity contribution in [2.75, 3.05) is 18.4 Å². The highest BCUT2D eigenvalue weighted by Gasteiger charge is 2.40. The molecular formula is C21H19ClF3N3O2. The summed E-state index contributed by atoms with van der Waals surface area (Å²) in [6.07, 6.45) is -1.35. The van der Waals surface area contributed by atoms with Crippen molar-refractivity contribution < 1.29 is 22.8 Å². The Hall–Kier alpha value is -2.71. The van der Waals surface area contributed by atoms with Crippen LogP contribution in [0.15, 0.2) is 54.6 Å². The van der Waals surface area contributed by atoms with E-state index in [1.165, 1.54) is 12.1 Å². The van der Waals surface area contributed by atoms with E-state index in [9.17, 15) is 18.0 Å². The number of anilines is 1. The number of nitrogens with one attached hydrogen (secondary N) is 2. The number of amides is 2. The first-order valence-corrected chi connectivity index (χ1v) is 9.78. The molecule has 0 radical (unpaired) electrons. The number of rotatable bonds is 2. The van der Waals surface area contributed by atoms with Crippen LogP contribution in [0.5, 0.6) is 0 Å². The van der Waals surface area contributed by atoms with Crippen molar-refractivity contribution in [3.63, 3.8) is 0 Å². The molecule has 0 aliphatic carbocycles. The van der Waals surface area contributed by atoms with E-state index in [4.69, 9.17) is 16.4 Å². The zero-order valence-corrected chi connectivity index (χ0v) is 16.6. The third kappa shape index (κ3) is 4.39. The normalized spacial score (nSPS) is 18.1. The van der Waals surface area contributed by atoms with Gasteiger partial charge in [-0.1, -0.05) is 29.8 Å². The zero-order chi connectivity index (χ0) is 21.4. The number of likely N-dealkylation sites (tertiary alicyclic amines) is 1. The Morgan fingerprint density at radius 1 is 1.13 bits per heavy atom. The van der Waals surface area contributed by atoms with E-state index >= 15 is 0 Å². The van der Waals surface area contributed by atoms with Crippen LogP contribution in [0.3, 0.4) is 0 Å². The number of benzene rings is 2. The second-order valence-corrected chi connectivity index (χ2v) is 7.77. The van der Waals surface area contributed by atoms with E-state index in [1.54, 1.807) is 29.2 Å². The summed E-state index contributed by atoms with van der Waals surface area (Å²) in [6, 6.07) is 11.6. The minimum atomic E-state index is -4.37. The van der Waals surface area contributed by atoms with Crippen LogP contribution in [0.1, 0.15) is 24.0 Å². The van der Waals surface area contributed by atoms with Crippen LogP contribution in [-0.2, 0) is 11.0 Å². The lowest BCUT2D eigenvalue weighted by atomic mass is 9.90. The molecule has 0 saturated carbocycles. The molecule has 2 N–H and O–H groups in total. The van der Waals surface area contributed by atoms with Gasteiger partial charge in [0.1, 0.15) is 5.60 Å². The maximum Gasteiger partial charge on any atom is 0.416 e. The summed E-state index contributed by atoms with van der Waals surface area (Å²) in [5, 5.41) is 3.36. The Bertz CT molecular complexity index is 968. The van der Waals surface area contributed by atoms with Crippen LogP contribution in [0.4, 0.5) is 23.7 Å². The second-order valence-electron chi connectivity index (χ2n) is 7.33. The maximum absolute atomic E-state index is 12.7. The molecule has 1 saturated heterocycles. The standard InChI is InChI=1S/C21H19ClF3N3O2/c22-16-2-1-3-17(12-16)26-19(29)28-10-8-20(9-11-28)13-18(27-30-20)14-4-6-15(7-5-14)21(23,24)25/h1-7,12-13,27H,8-11H2,(H,26,29). The Morgan fingerprint density at radius 3 is 2.47 bits per heavy atom. The average Bonchev–Trinajstić information content (AvgIpc) is 3.11. The molecule has 2 amide bonds. The third-order valence-corrected chi connectivity index (χ3v) is 5.50. The summed E-state index contributed by atoms with van der Waals surface area (Å²) in [7, 11) is 0. The van der Waals surface area contributed by atoms with Gasteiger partial charge in [-0.05, 0) is 42.0 Å². The summed E-state index contributed by atoms with van der Waals surface area (Å²) < 4.78 is 38.2. The second kappa shape index (κ2) is 7.85. The number of carbonyl (C=O) groups excluding carboxylic acids is 1. The summed E-state index contributed by atoms with van der Waals surface area (Å²) in [5.41, 5.74) is 3.40. The molecule has 5 nitrogen and oxygen atoms in total. The SMILES string of the molecule is O=C(Nc1cccc(Cl)c1)N1CCC2(C=C(c3ccc(C(F)(F)F)cc3)NO2)CC1. The van der Waals surface area contributed by atoms with Crippen LogP contribution in [0.25, 0.3) is 5.70 Å². The molecule has 0 aromatic heterocycles. The fraction of sp³-hybridized carbons (Fsp3) is 0.286. The Kier molecular flexibility index (Phi) is 5.38. The van der Waals surface area contributed by atoms with Gasteiger partial charge in [0.2, 0.25) is 0 Å². The van der Waals surface area contributed by atoms with E-state index in [1.807, 2.05) is 6.08 Å². The van der Waals surface area contributed by atoms with Gasteiger partial charge < -0.3 is 10.2 Å². The van der Waals surface area contributed by atoms with Gasteiger partial charge in [-0.2, -0.15) is 13.2 Å². The number of hydrogen-bond acceptors (Lipinski definition) is 3. The number of alkyl halides is 3. The van der Waals surface area contributed by atoms with Gasteiger partial charge in [0.25, 0.3) is 0 Å². The van der Waals surface area contributed by atoms with E-state index in [2.05, 4.69) is 10.8 Å². The first-order valence-electron chi connectivity index (χ1n) is 9.40. The van der Waals surface area contributed by atoms with Crippen molar-refractivity contribution in [3.8, 4) is 0 Å². The van der Waals surface area contributed by atoms with Crippen molar-refractivity contribution >= 4 is 29.0 Å². The third-order valence-electron chi connectivity index (χ3n) is 5.27. The largest absolute Gasteiger partial charge is 0.416 e. The molecule has 0 bridgehead atoms. The van der Waals surface area contributed by atoms with Crippen molar-refractivity contribution in [1.29, 1.82) is 0 Å². The first-order chi connectivity index (χ1) is 14.2. The Labute approximate surface area is 176 Å². The van der Waals surface area contributed by atoms with Gasteiger partial charge in [-0.15, -0.1) is 0 Å². The topological polar surface area (TPSA) is 53.6 Å². The van der Waals surface area contributed by atoms with Crippen LogP contribution >= 0.6 is 11.6 Å². The molecule has 2 aromatic rings. The molecule has 9 heteroatoms. The number of carbonyl (C=O) groups is 1. The molecule has 0 unspecified atom stereocenters. The number of halogens is 4. The number of urea groups is 1. The monoisotopic (exact) mass is 437 g/mol. The molecule has 30 heavy (non-hydrogen) atoms. The van der Waals surface area contributed by atoms with Gasteiger partial charge in [0.15, 0.2) is 0 Å². The average molecular weight is 438 g/mol. The van der Waals surface area contributed by atoms with Crippen molar-refractivity contribution in [2.24, 2.45) is 0 Å². The maximum atomic E-state index is 12.7. The van der Waals surface area contributed by atoms with E-state index in [0.717, 1.165) is 12.1 Å². The van der Waals surface area contributed by atoms with Gasteiger partial charge in [-0.3, -0.25) is 10.3 Å². The zero-order valence-electron chi connectivity index (χ0n) is 15.8. The van der Waals surface area contributed by atoms with Crippen LogP contribution in [0.2, 0.25) is 5.02 Å². The highest BCUT2D eigenvalue weighted by molar-refractivity contribution is 6.30. The van der Waals surface area contributed by atoms with Crippen LogP contribution in [0, 0.1) is 0 Å². The summed E-state index contributed by atoms with van der Waals surface area (Å²) in [6.45, 7) is 0.954. The summed E-state index contributed by atoms with van der Waals surface area (Å²) in [4.78, 5) is 20.0. The number of hydroxylamine groups is 1. The summed E-state index contributed by atoms with van der Waals surface area (Å²) in [5.74, 6) is 0. The molecule has 1 spiro atoms. The number of piperidine rings is 1. The smallest absolute Gasteiger partial charge is 0.324 e. The molecule has 2 aromatic carbocycles. The molecule has 0 atom stereocenters. The van der Waals surface area contributed by atoms with Gasteiger partial charge in [0.05, 0.1) is 11.3 Å². The van der Waals surface area contributed by atoms with Gasteiger partial charge in [-0.25, -0.2) is 4.79 Å². The molecule has 4 rings (SSSR count). The van der Waals surface area contributed by atoms with Crippen LogP contribution < -0.4 is 10.8 Å². The molecule has 1 fully saturated rings. The predicted octanol–water partition coefficient (Wildman–Crippen LogP) is 5.30. The molecular weight excluding hydrogens is 419 g/mol. The highest BCUT2D eigenvalue weighted by atomic mass is 35.5. The fourth-order valence-electron chi connectivity index (χ4n) is 3.56. The predicted molar refractivity (Wildman–Crippen MR) is 108 cm³/mol. The lowest BCUT2D eigenvalue weighted by molar-refractivity contribution is -0.137. The summed E-state index contributed by atoms with van der Waals surface area (Å²) >= 11 is 5.94. The van der Waals surface area contributed by atoms with Gasteiger partial charge >= 0.3 is 12.2 Å². The molecule has 2 aliphatic heterocycles. The number of nitrogens with zero attached hydrogens (tertiary/aromatic N) is 1. The molecule has 2 heterocycles.